The summed E-state index contributed by atoms with van der Waals surface area (Å²) in [5, 5.41) is 2.22. The van der Waals surface area contributed by atoms with E-state index in [1.54, 1.807) is 0 Å². The highest BCUT2D eigenvalue weighted by Crippen LogP contribution is 2.41. The lowest BCUT2D eigenvalue weighted by Crippen LogP contribution is -2.61. The summed E-state index contributed by atoms with van der Waals surface area (Å²) in [4.78, 5) is 12.1. The lowest BCUT2D eigenvalue weighted by atomic mass is 9.81. The van der Waals surface area contributed by atoms with Crippen LogP contribution in [0.1, 0.15) is 51.9 Å². The van der Waals surface area contributed by atoms with E-state index >= 15 is 0 Å². The summed E-state index contributed by atoms with van der Waals surface area (Å²) >= 11 is 0. The molecule has 1 saturated heterocycles. The Bertz CT molecular complexity index is 375. The molecule has 7 heteroatoms. The molecule has 0 bridgehead atoms. The third-order valence-corrected chi connectivity index (χ3v) is 4.54. The van der Waals surface area contributed by atoms with E-state index in [1.807, 2.05) is 0 Å². The molecule has 1 amide bonds. The van der Waals surface area contributed by atoms with Gasteiger partial charge in [0.2, 0.25) is 5.91 Å². The number of amides is 1. The van der Waals surface area contributed by atoms with Crippen LogP contribution >= 0.6 is 0 Å². The van der Waals surface area contributed by atoms with Crippen LogP contribution in [-0.4, -0.2) is 43.0 Å². The van der Waals surface area contributed by atoms with Crippen molar-refractivity contribution < 1.29 is 27.4 Å². The molecule has 0 aromatic carbocycles. The minimum absolute atomic E-state index is 0.0542. The Morgan fingerprint density at radius 3 is 2.55 bits per heavy atom. The molecule has 1 N–H and O–H groups in total. The highest BCUT2D eigenvalue weighted by molar-refractivity contribution is 5.81. The Hall–Kier alpha value is -0.820. The van der Waals surface area contributed by atoms with E-state index in [2.05, 4.69) is 5.32 Å². The average molecular weight is 323 g/mol. The summed E-state index contributed by atoms with van der Waals surface area (Å²) < 4.78 is 50.9. The van der Waals surface area contributed by atoms with Crippen LogP contribution in [0.3, 0.4) is 0 Å². The molecule has 4 nitrogen and oxygen atoms in total. The Balaban J connectivity index is 1.89. The first-order valence-corrected chi connectivity index (χ1v) is 7.96. The van der Waals surface area contributed by atoms with Gasteiger partial charge in [-0.05, 0) is 32.6 Å². The van der Waals surface area contributed by atoms with Crippen molar-refractivity contribution in [2.75, 3.05) is 13.2 Å². The van der Waals surface area contributed by atoms with Gasteiger partial charge in [-0.25, -0.2) is 0 Å². The van der Waals surface area contributed by atoms with Gasteiger partial charge in [-0.2, -0.15) is 13.2 Å². The summed E-state index contributed by atoms with van der Waals surface area (Å²) in [5.74, 6) is -0.697. The van der Waals surface area contributed by atoms with Crippen LogP contribution in [0.2, 0.25) is 0 Å². The van der Waals surface area contributed by atoms with Crippen LogP contribution in [0.25, 0.3) is 0 Å². The molecule has 0 aromatic heterocycles. The van der Waals surface area contributed by atoms with Gasteiger partial charge in [0.05, 0.1) is 12.7 Å². The van der Waals surface area contributed by atoms with Crippen LogP contribution in [0.4, 0.5) is 13.2 Å². The number of rotatable bonds is 5. The Morgan fingerprint density at radius 1 is 1.32 bits per heavy atom. The highest BCUT2D eigenvalue weighted by Gasteiger charge is 2.55. The largest absolute Gasteiger partial charge is 0.411 e. The topological polar surface area (TPSA) is 47.6 Å². The lowest BCUT2D eigenvalue weighted by molar-refractivity contribution is -0.208. The minimum atomic E-state index is -4.43. The summed E-state index contributed by atoms with van der Waals surface area (Å²) in [6.45, 7) is 2.40. The molecule has 1 aliphatic carbocycles. The first kappa shape index (κ1) is 17.5. The van der Waals surface area contributed by atoms with Gasteiger partial charge in [-0.15, -0.1) is 0 Å². The molecule has 0 spiro atoms. The number of hydrogen-bond donors (Lipinski definition) is 1. The second-order valence-electron chi connectivity index (χ2n) is 6.24. The fourth-order valence-corrected chi connectivity index (χ4v) is 3.08. The summed E-state index contributed by atoms with van der Waals surface area (Å²) in [6.07, 6.45) is -1.97. The fourth-order valence-electron chi connectivity index (χ4n) is 3.08. The molecular weight excluding hydrogens is 299 g/mol. The summed E-state index contributed by atoms with van der Waals surface area (Å²) in [6, 6.07) is 0. The smallest absolute Gasteiger partial charge is 0.376 e. The summed E-state index contributed by atoms with van der Waals surface area (Å²) in [5.41, 5.74) is -2.09. The highest BCUT2D eigenvalue weighted by atomic mass is 19.4. The number of alkyl halides is 3. The quantitative estimate of drug-likeness (QED) is 0.846. The predicted octanol–water partition coefficient (Wildman–Crippen LogP) is 2.95. The molecule has 0 aromatic rings. The maximum absolute atomic E-state index is 13.4. The Kier molecular flexibility index (Phi) is 5.71. The van der Waals surface area contributed by atoms with Crippen molar-refractivity contribution in [2.45, 2.75) is 75.8 Å². The molecule has 128 valence electrons. The van der Waals surface area contributed by atoms with Gasteiger partial charge in [0.25, 0.3) is 0 Å². The van der Waals surface area contributed by atoms with E-state index in [-0.39, 0.29) is 25.6 Å². The minimum Gasteiger partial charge on any atom is -0.376 e. The van der Waals surface area contributed by atoms with Crippen LogP contribution in [0.5, 0.6) is 0 Å². The Morgan fingerprint density at radius 2 is 2.00 bits per heavy atom. The summed E-state index contributed by atoms with van der Waals surface area (Å²) in [7, 11) is 0. The molecule has 22 heavy (non-hydrogen) atoms. The second-order valence-corrected chi connectivity index (χ2v) is 6.24. The van der Waals surface area contributed by atoms with E-state index in [1.165, 1.54) is 6.92 Å². The number of halogens is 3. The number of carbonyl (C=O) groups excluding carboxylic acids is 1. The lowest BCUT2D eigenvalue weighted by Gasteiger charge is -2.40. The molecular formula is C15H24F3NO3. The molecule has 2 rings (SSSR count). The van der Waals surface area contributed by atoms with Crippen molar-refractivity contribution in [2.24, 2.45) is 0 Å². The van der Waals surface area contributed by atoms with Gasteiger partial charge in [-0.1, -0.05) is 19.3 Å². The molecule has 2 aliphatic rings. The van der Waals surface area contributed by atoms with E-state index in [9.17, 15) is 18.0 Å². The first-order valence-electron chi connectivity index (χ1n) is 7.96. The molecule has 2 atom stereocenters. The van der Waals surface area contributed by atoms with Crippen molar-refractivity contribution in [3.8, 4) is 0 Å². The normalized spacial score (nSPS) is 26.6. The van der Waals surface area contributed by atoms with Crippen LogP contribution in [-0.2, 0) is 14.3 Å². The Labute approximate surface area is 128 Å². The van der Waals surface area contributed by atoms with Crippen LogP contribution in [0, 0.1) is 0 Å². The molecule has 0 radical (unpaired) electrons. The van der Waals surface area contributed by atoms with E-state index in [4.69, 9.17) is 9.47 Å². The van der Waals surface area contributed by atoms with E-state index in [0.29, 0.717) is 19.4 Å². The van der Waals surface area contributed by atoms with Crippen molar-refractivity contribution in [1.82, 2.24) is 5.32 Å². The van der Waals surface area contributed by atoms with Gasteiger partial charge in [0.15, 0.2) is 0 Å². The molecule has 2 unspecified atom stereocenters. The van der Waals surface area contributed by atoms with Crippen molar-refractivity contribution in [3.63, 3.8) is 0 Å². The van der Waals surface area contributed by atoms with Gasteiger partial charge >= 0.3 is 6.18 Å². The predicted molar refractivity (Wildman–Crippen MR) is 74.4 cm³/mol. The third-order valence-electron chi connectivity index (χ3n) is 4.54. The van der Waals surface area contributed by atoms with Gasteiger partial charge in [0, 0.05) is 6.61 Å². The van der Waals surface area contributed by atoms with Crippen molar-refractivity contribution >= 4 is 5.91 Å². The third kappa shape index (κ3) is 4.13. The molecule has 2 fully saturated rings. The number of carbonyl (C=O) groups is 1. The standard InChI is InChI=1S/C15H24F3NO3/c1-11(22-10-12-6-5-9-21-12)13(20)19-14(15(16,17)18)7-3-2-4-8-14/h11-12H,2-10H2,1H3,(H,19,20). The van der Waals surface area contributed by atoms with Gasteiger partial charge in [0.1, 0.15) is 11.6 Å². The van der Waals surface area contributed by atoms with Crippen molar-refractivity contribution in [3.05, 3.63) is 0 Å². The number of ether oxygens (including phenoxy) is 2. The number of hydrogen-bond acceptors (Lipinski definition) is 3. The van der Waals surface area contributed by atoms with Crippen LogP contribution < -0.4 is 5.32 Å². The number of nitrogens with one attached hydrogen (secondary N) is 1. The maximum Gasteiger partial charge on any atom is 0.411 e. The molecule has 1 saturated carbocycles. The van der Waals surface area contributed by atoms with E-state index < -0.39 is 23.7 Å². The monoisotopic (exact) mass is 323 g/mol. The zero-order valence-corrected chi connectivity index (χ0v) is 12.9. The zero-order valence-electron chi connectivity index (χ0n) is 12.9. The SMILES string of the molecule is CC(OCC1CCCO1)C(=O)NC1(C(F)(F)F)CCCCC1. The van der Waals surface area contributed by atoms with Gasteiger partial charge in [-0.3, -0.25) is 4.79 Å². The molecule has 1 aliphatic heterocycles. The maximum atomic E-state index is 13.4. The average Bonchev–Trinajstić information content (AvgIpc) is 2.97. The fraction of sp³-hybridized carbons (Fsp3) is 0.933. The van der Waals surface area contributed by atoms with E-state index in [0.717, 1.165) is 19.3 Å². The van der Waals surface area contributed by atoms with Crippen LogP contribution in [0.15, 0.2) is 0 Å². The van der Waals surface area contributed by atoms with Gasteiger partial charge < -0.3 is 14.8 Å². The first-order chi connectivity index (χ1) is 10.3. The second kappa shape index (κ2) is 7.17. The molecule has 1 heterocycles. The zero-order chi connectivity index (χ0) is 16.2. The van der Waals surface area contributed by atoms with Crippen molar-refractivity contribution in [1.29, 1.82) is 0 Å².